The van der Waals surface area contributed by atoms with Gasteiger partial charge in [-0.1, -0.05) is 18.2 Å². The molecule has 0 heterocycles. The number of hydrogen-bond donors (Lipinski definition) is 2. The van der Waals surface area contributed by atoms with Crippen molar-refractivity contribution in [1.82, 2.24) is 5.32 Å². The summed E-state index contributed by atoms with van der Waals surface area (Å²) < 4.78 is 13.4. The van der Waals surface area contributed by atoms with Crippen molar-refractivity contribution in [2.75, 3.05) is 7.05 Å². The fraction of sp³-hybridized carbons (Fsp3) is 0.455. The molecule has 0 aliphatic rings. The van der Waals surface area contributed by atoms with E-state index in [9.17, 15) is 4.39 Å². The van der Waals surface area contributed by atoms with Crippen LogP contribution in [0.3, 0.4) is 0 Å². The summed E-state index contributed by atoms with van der Waals surface area (Å²) in [5.74, 6) is -0.174. The van der Waals surface area contributed by atoms with Gasteiger partial charge in [0.1, 0.15) is 5.82 Å². The van der Waals surface area contributed by atoms with Crippen molar-refractivity contribution in [2.24, 2.45) is 5.73 Å². The molecule has 2 unspecified atom stereocenters. The monoisotopic (exact) mass is 196 g/mol. The Bertz CT molecular complexity index is 286. The lowest BCUT2D eigenvalue weighted by Crippen LogP contribution is -2.26. The number of nitrogens with two attached hydrogens (primary N) is 1. The Kier molecular flexibility index (Phi) is 4.04. The maximum atomic E-state index is 13.4. The second-order valence-electron chi connectivity index (χ2n) is 3.58. The largest absolute Gasteiger partial charge is 0.328 e. The summed E-state index contributed by atoms with van der Waals surface area (Å²) in [6.07, 6.45) is 0.734. The lowest BCUT2D eigenvalue weighted by molar-refractivity contribution is 0.475. The highest BCUT2D eigenvalue weighted by atomic mass is 19.1. The molecular formula is C11H17FN2. The third-order valence-corrected chi connectivity index (χ3v) is 2.24. The standard InChI is InChI=1S/C11H17FN2/c1-8(13)7-11(14-2)9-5-3-4-6-10(9)12/h3-6,8,11,14H,7,13H2,1-2H3. The molecule has 0 bridgehead atoms. The van der Waals surface area contributed by atoms with Crippen LogP contribution in [0.4, 0.5) is 4.39 Å². The summed E-state index contributed by atoms with van der Waals surface area (Å²) in [4.78, 5) is 0. The van der Waals surface area contributed by atoms with Crippen LogP contribution in [0.1, 0.15) is 24.9 Å². The Morgan fingerprint density at radius 3 is 2.57 bits per heavy atom. The Balaban J connectivity index is 2.83. The van der Waals surface area contributed by atoms with Crippen molar-refractivity contribution < 1.29 is 4.39 Å². The maximum Gasteiger partial charge on any atom is 0.127 e. The van der Waals surface area contributed by atoms with Gasteiger partial charge in [-0.25, -0.2) is 4.39 Å². The van der Waals surface area contributed by atoms with Gasteiger partial charge in [-0.05, 0) is 26.5 Å². The van der Waals surface area contributed by atoms with E-state index in [1.165, 1.54) is 6.07 Å². The van der Waals surface area contributed by atoms with Gasteiger partial charge in [0.05, 0.1) is 0 Å². The van der Waals surface area contributed by atoms with Crippen molar-refractivity contribution >= 4 is 0 Å². The average molecular weight is 196 g/mol. The van der Waals surface area contributed by atoms with E-state index >= 15 is 0 Å². The predicted octanol–water partition coefficient (Wildman–Crippen LogP) is 1.82. The van der Waals surface area contributed by atoms with Crippen molar-refractivity contribution in [3.05, 3.63) is 35.6 Å². The maximum absolute atomic E-state index is 13.4. The first-order chi connectivity index (χ1) is 6.65. The molecule has 0 radical (unpaired) electrons. The first kappa shape index (κ1) is 11.1. The molecular weight excluding hydrogens is 179 g/mol. The summed E-state index contributed by atoms with van der Waals surface area (Å²) in [5, 5.41) is 3.07. The molecule has 0 saturated carbocycles. The second-order valence-corrected chi connectivity index (χ2v) is 3.58. The molecule has 0 aliphatic carbocycles. The lowest BCUT2D eigenvalue weighted by atomic mass is 10.00. The van der Waals surface area contributed by atoms with Gasteiger partial charge in [-0.15, -0.1) is 0 Å². The number of nitrogens with one attached hydrogen (secondary N) is 1. The fourth-order valence-electron chi connectivity index (χ4n) is 1.53. The number of benzene rings is 1. The molecule has 0 amide bonds. The second kappa shape index (κ2) is 5.08. The zero-order valence-electron chi connectivity index (χ0n) is 8.63. The van der Waals surface area contributed by atoms with Crippen LogP contribution in [0.5, 0.6) is 0 Å². The normalized spacial score (nSPS) is 15.1. The van der Waals surface area contributed by atoms with Crippen molar-refractivity contribution in [3.63, 3.8) is 0 Å². The number of halogens is 1. The minimum absolute atomic E-state index is 0.00352. The summed E-state index contributed by atoms with van der Waals surface area (Å²) in [7, 11) is 1.82. The van der Waals surface area contributed by atoms with E-state index in [2.05, 4.69) is 5.32 Å². The third-order valence-electron chi connectivity index (χ3n) is 2.24. The minimum Gasteiger partial charge on any atom is -0.328 e. The van der Waals surface area contributed by atoms with Crippen molar-refractivity contribution in [3.8, 4) is 0 Å². The highest BCUT2D eigenvalue weighted by Gasteiger charge is 2.14. The van der Waals surface area contributed by atoms with Gasteiger partial charge >= 0.3 is 0 Å². The molecule has 1 rings (SSSR count). The summed E-state index contributed by atoms with van der Waals surface area (Å²) in [6.45, 7) is 1.92. The third kappa shape index (κ3) is 2.79. The van der Waals surface area contributed by atoms with Gasteiger partial charge < -0.3 is 11.1 Å². The van der Waals surface area contributed by atoms with E-state index in [0.717, 1.165) is 6.42 Å². The topological polar surface area (TPSA) is 38.0 Å². The Hall–Kier alpha value is -0.930. The Morgan fingerprint density at radius 1 is 1.43 bits per heavy atom. The quantitative estimate of drug-likeness (QED) is 0.771. The van der Waals surface area contributed by atoms with Crippen LogP contribution < -0.4 is 11.1 Å². The summed E-state index contributed by atoms with van der Waals surface area (Å²) >= 11 is 0. The fourth-order valence-corrected chi connectivity index (χ4v) is 1.53. The Labute approximate surface area is 84.3 Å². The molecule has 14 heavy (non-hydrogen) atoms. The molecule has 0 aliphatic heterocycles. The van der Waals surface area contributed by atoms with Crippen LogP contribution in [0.25, 0.3) is 0 Å². The lowest BCUT2D eigenvalue weighted by Gasteiger charge is -2.19. The van der Waals surface area contributed by atoms with Gasteiger partial charge in [-0.3, -0.25) is 0 Å². The predicted molar refractivity (Wildman–Crippen MR) is 56.5 cm³/mol. The zero-order valence-corrected chi connectivity index (χ0v) is 8.63. The van der Waals surface area contributed by atoms with Crippen molar-refractivity contribution in [2.45, 2.75) is 25.4 Å². The molecule has 3 heteroatoms. The molecule has 2 nitrogen and oxygen atoms in total. The highest BCUT2D eigenvalue weighted by Crippen LogP contribution is 2.20. The molecule has 78 valence electrons. The number of rotatable bonds is 4. The molecule has 1 aromatic carbocycles. The first-order valence-electron chi connectivity index (χ1n) is 4.82. The molecule has 0 fully saturated rings. The van der Waals surface area contributed by atoms with Gasteiger partial charge in [0.15, 0.2) is 0 Å². The molecule has 0 saturated heterocycles. The average Bonchev–Trinajstić information content (AvgIpc) is 2.15. The molecule has 1 aromatic rings. The molecule has 0 spiro atoms. The van der Waals surface area contributed by atoms with Gasteiger partial charge in [0.25, 0.3) is 0 Å². The van der Waals surface area contributed by atoms with E-state index in [4.69, 9.17) is 5.73 Å². The van der Waals surface area contributed by atoms with Crippen LogP contribution in [0, 0.1) is 5.82 Å². The van der Waals surface area contributed by atoms with Gasteiger partial charge in [0.2, 0.25) is 0 Å². The van der Waals surface area contributed by atoms with E-state index in [-0.39, 0.29) is 17.9 Å². The van der Waals surface area contributed by atoms with E-state index in [0.29, 0.717) is 5.56 Å². The Morgan fingerprint density at radius 2 is 2.07 bits per heavy atom. The molecule has 3 N–H and O–H groups in total. The van der Waals surface area contributed by atoms with Gasteiger partial charge in [0, 0.05) is 17.6 Å². The van der Waals surface area contributed by atoms with E-state index in [1.807, 2.05) is 20.0 Å². The smallest absolute Gasteiger partial charge is 0.127 e. The SMILES string of the molecule is CNC(CC(C)N)c1ccccc1F. The zero-order chi connectivity index (χ0) is 10.6. The van der Waals surface area contributed by atoms with Gasteiger partial charge in [-0.2, -0.15) is 0 Å². The molecule has 2 atom stereocenters. The number of hydrogen-bond acceptors (Lipinski definition) is 2. The first-order valence-corrected chi connectivity index (χ1v) is 4.82. The minimum atomic E-state index is -0.174. The van der Waals surface area contributed by atoms with Crippen LogP contribution in [0.2, 0.25) is 0 Å². The van der Waals surface area contributed by atoms with Crippen molar-refractivity contribution in [1.29, 1.82) is 0 Å². The highest BCUT2D eigenvalue weighted by molar-refractivity contribution is 5.21. The van der Waals surface area contributed by atoms with Crippen LogP contribution >= 0.6 is 0 Å². The summed E-state index contributed by atoms with van der Waals surface area (Å²) in [5.41, 5.74) is 6.38. The van der Waals surface area contributed by atoms with Crippen LogP contribution in [0.15, 0.2) is 24.3 Å². The molecule has 0 aromatic heterocycles. The van der Waals surface area contributed by atoms with E-state index in [1.54, 1.807) is 12.1 Å². The van der Waals surface area contributed by atoms with Crippen LogP contribution in [-0.4, -0.2) is 13.1 Å². The summed E-state index contributed by atoms with van der Waals surface area (Å²) in [6, 6.07) is 6.85. The van der Waals surface area contributed by atoms with E-state index < -0.39 is 0 Å². The van der Waals surface area contributed by atoms with Crippen LogP contribution in [-0.2, 0) is 0 Å².